The molecular formula is C22H27F3N5O3+. The average Bonchev–Trinajstić information content (AvgIpc) is 3.46. The molecule has 0 amide bonds. The zero-order valence-electron chi connectivity index (χ0n) is 18.5. The number of aliphatic hydroxyl groups excluding tert-OH is 1. The molecule has 0 aliphatic carbocycles. The van der Waals surface area contributed by atoms with Gasteiger partial charge >= 0.3 is 12.1 Å². The number of nitrogens with one attached hydrogen (secondary N) is 2. The molecule has 4 heterocycles. The van der Waals surface area contributed by atoms with Gasteiger partial charge in [-0.25, -0.2) is 14.7 Å². The summed E-state index contributed by atoms with van der Waals surface area (Å²) < 4.78 is 50.5. The zero-order valence-corrected chi connectivity index (χ0v) is 18.5. The zero-order chi connectivity index (χ0) is 23.6. The van der Waals surface area contributed by atoms with Crippen LogP contribution in [-0.4, -0.2) is 45.0 Å². The number of hydrogen-bond donors (Lipinski definition) is 3. The molecule has 0 saturated carbocycles. The number of aryl methyl sites for hydroxylation is 2. The summed E-state index contributed by atoms with van der Waals surface area (Å²) in [6.45, 7) is 6.12. The Hall–Kier alpha value is -3.08. The van der Waals surface area contributed by atoms with Crippen molar-refractivity contribution in [1.29, 1.82) is 0 Å². The first-order valence-corrected chi connectivity index (χ1v) is 11.0. The second-order valence-corrected chi connectivity index (χ2v) is 7.86. The molecule has 3 aromatic rings. The van der Waals surface area contributed by atoms with Gasteiger partial charge in [0.25, 0.3) is 0 Å². The van der Waals surface area contributed by atoms with Crippen molar-refractivity contribution in [2.75, 3.05) is 18.5 Å². The Morgan fingerprint density at radius 3 is 2.67 bits per heavy atom. The monoisotopic (exact) mass is 466 g/mol. The number of ether oxygens (including phenoxy) is 1. The molecule has 178 valence electrons. The highest BCUT2D eigenvalue weighted by molar-refractivity contribution is 5.91. The molecule has 0 bridgehead atoms. The molecule has 1 aliphatic rings. The van der Waals surface area contributed by atoms with E-state index in [1.165, 1.54) is 0 Å². The first-order valence-electron chi connectivity index (χ1n) is 11.0. The Morgan fingerprint density at radius 1 is 1.27 bits per heavy atom. The number of fused-ring (bicyclic) bond motifs is 1. The summed E-state index contributed by atoms with van der Waals surface area (Å²) >= 11 is 0. The third-order valence-corrected chi connectivity index (χ3v) is 5.73. The summed E-state index contributed by atoms with van der Waals surface area (Å²) in [5, 5.41) is 19.3. The number of alkyl halides is 3. The van der Waals surface area contributed by atoms with Crippen LogP contribution < -0.4 is 10.3 Å². The summed E-state index contributed by atoms with van der Waals surface area (Å²) in [7, 11) is 0. The van der Waals surface area contributed by atoms with Crippen molar-refractivity contribution in [3.8, 4) is 0 Å². The second-order valence-electron chi connectivity index (χ2n) is 7.86. The van der Waals surface area contributed by atoms with E-state index in [4.69, 9.17) is 14.1 Å². The van der Waals surface area contributed by atoms with Gasteiger partial charge in [-0.2, -0.15) is 18.3 Å². The first kappa shape index (κ1) is 23.1. The highest BCUT2D eigenvalue weighted by Gasteiger charge is 2.36. The quantitative estimate of drug-likeness (QED) is 0.366. The van der Waals surface area contributed by atoms with Gasteiger partial charge in [0.1, 0.15) is 0 Å². The van der Waals surface area contributed by atoms with E-state index in [1.54, 1.807) is 6.20 Å². The lowest BCUT2D eigenvalue weighted by molar-refractivity contribution is -0.483. The van der Waals surface area contributed by atoms with Crippen LogP contribution in [0.5, 0.6) is 0 Å². The molecule has 0 spiro atoms. The Kier molecular flexibility index (Phi) is 6.59. The van der Waals surface area contributed by atoms with Gasteiger partial charge in [-0.15, -0.1) is 0 Å². The summed E-state index contributed by atoms with van der Waals surface area (Å²) in [4.78, 5) is 7.60. The van der Waals surface area contributed by atoms with E-state index in [1.807, 2.05) is 18.5 Å². The van der Waals surface area contributed by atoms with E-state index in [2.05, 4.69) is 15.4 Å². The standard InChI is InChI=1S/C22H26F3N5O3/c1-3-16-14(11-26-21(31)17-5-6-18(33-17)22(23,24)25)19(28-13-7-9-32-10-8-13)15-12-27-30(4-2)20(15)29-16/h5-6,12-13H,3-4,7-11H2,1-2H3,(H,26,31)(H,28,29)/p+1. The van der Waals surface area contributed by atoms with Crippen molar-refractivity contribution in [3.05, 3.63) is 41.1 Å². The number of nitrogens with zero attached hydrogens (tertiary/aromatic N) is 3. The molecule has 8 nitrogen and oxygen atoms in total. The number of hydrogen-bond acceptors (Lipinski definition) is 5. The maximum Gasteiger partial charge on any atom is 0.449 e. The lowest BCUT2D eigenvalue weighted by Crippen LogP contribution is -2.71. The van der Waals surface area contributed by atoms with Gasteiger partial charge in [0.2, 0.25) is 11.5 Å². The molecule has 0 atom stereocenters. The number of furan rings is 1. The fourth-order valence-electron chi connectivity index (χ4n) is 3.98. The molecule has 3 N–H and O–H groups in total. The van der Waals surface area contributed by atoms with E-state index >= 15 is 0 Å². The fourth-order valence-corrected chi connectivity index (χ4v) is 3.98. The fraction of sp³-hybridized carbons (Fsp3) is 0.500. The number of aliphatic hydroxyl groups is 1. The molecule has 0 unspecified atom stereocenters. The van der Waals surface area contributed by atoms with Gasteiger partial charge in [0, 0.05) is 25.8 Å². The molecule has 1 fully saturated rings. The van der Waals surface area contributed by atoms with E-state index in [0.29, 0.717) is 26.2 Å². The van der Waals surface area contributed by atoms with Gasteiger partial charge in [-0.3, -0.25) is 0 Å². The molecular weight excluding hydrogens is 439 g/mol. The lowest BCUT2D eigenvalue weighted by atomic mass is 10.0. The van der Waals surface area contributed by atoms with Crippen molar-refractivity contribution in [1.82, 2.24) is 14.8 Å². The van der Waals surface area contributed by atoms with Gasteiger partial charge in [-0.05, 0) is 38.3 Å². The minimum Gasteiger partial charge on any atom is -0.457 e. The number of anilines is 1. The van der Waals surface area contributed by atoms with Crippen molar-refractivity contribution in [3.63, 3.8) is 0 Å². The molecule has 4 rings (SSSR count). The normalized spacial score (nSPS) is 16.0. The van der Waals surface area contributed by atoms with Crippen LogP contribution in [0.4, 0.5) is 18.9 Å². The van der Waals surface area contributed by atoms with E-state index in [9.17, 15) is 18.3 Å². The van der Waals surface area contributed by atoms with E-state index in [0.717, 1.165) is 53.0 Å². The van der Waals surface area contributed by atoms with Gasteiger partial charge in [0.15, 0.2) is 12.2 Å². The molecule has 3 aromatic heterocycles. The summed E-state index contributed by atoms with van der Waals surface area (Å²) in [5.74, 6) is -1.93. The first-order chi connectivity index (χ1) is 15.8. The maximum absolute atomic E-state index is 12.8. The molecule has 1 aliphatic heterocycles. The molecule has 11 heteroatoms. The highest BCUT2D eigenvalue weighted by Crippen LogP contribution is 2.31. The number of rotatable bonds is 7. The average molecular weight is 466 g/mol. The Labute approximate surface area is 188 Å². The minimum absolute atomic E-state index is 0.142. The smallest absolute Gasteiger partial charge is 0.449 e. The van der Waals surface area contributed by atoms with Crippen molar-refractivity contribution in [2.45, 2.75) is 58.4 Å². The van der Waals surface area contributed by atoms with Crippen molar-refractivity contribution < 1.29 is 32.4 Å². The molecule has 0 radical (unpaired) electrons. The van der Waals surface area contributed by atoms with E-state index < -0.39 is 17.8 Å². The summed E-state index contributed by atoms with van der Waals surface area (Å²) in [6.07, 6.45) is -0.524. The van der Waals surface area contributed by atoms with Crippen LogP contribution in [0.25, 0.3) is 11.0 Å². The molecule has 0 aromatic carbocycles. The highest BCUT2D eigenvalue weighted by atomic mass is 19.4. The third kappa shape index (κ3) is 4.82. The largest absolute Gasteiger partial charge is 0.457 e. The Morgan fingerprint density at radius 2 is 2.03 bits per heavy atom. The number of aromatic nitrogens is 3. The predicted octanol–water partition coefficient (Wildman–Crippen LogP) is 2.80. The lowest BCUT2D eigenvalue weighted by Gasteiger charge is -2.26. The van der Waals surface area contributed by atoms with E-state index in [-0.39, 0.29) is 18.3 Å². The van der Waals surface area contributed by atoms with Crippen LogP contribution in [0, 0.1) is 0 Å². The van der Waals surface area contributed by atoms with Crippen LogP contribution in [0.2, 0.25) is 0 Å². The van der Waals surface area contributed by atoms with Crippen LogP contribution in [-0.2, 0) is 30.4 Å². The van der Waals surface area contributed by atoms with Crippen LogP contribution >= 0.6 is 0 Å². The van der Waals surface area contributed by atoms with Crippen molar-refractivity contribution >= 4 is 22.6 Å². The summed E-state index contributed by atoms with van der Waals surface area (Å²) in [5.41, 5.74) is 3.25. The van der Waals surface area contributed by atoms with Crippen LogP contribution in [0.1, 0.15) is 49.5 Å². The predicted molar refractivity (Wildman–Crippen MR) is 115 cm³/mol. The number of halogens is 3. The minimum atomic E-state index is -4.62. The Bertz CT molecular complexity index is 1150. The van der Waals surface area contributed by atoms with Gasteiger partial charge in [0.05, 0.1) is 28.5 Å². The third-order valence-electron chi connectivity index (χ3n) is 5.73. The topological polar surface area (TPSA) is 99.3 Å². The van der Waals surface area contributed by atoms with Crippen molar-refractivity contribution in [2.24, 2.45) is 0 Å². The SMILES string of the molecule is CCc1nc2c(cnn2CC)c(NC2CCOCC2)c1C[NH+]=C(O)c1ccc(C(F)(F)F)o1. The molecule has 33 heavy (non-hydrogen) atoms. The molecule has 1 saturated heterocycles. The van der Waals surface area contributed by atoms with Gasteiger partial charge in [-0.1, -0.05) is 6.92 Å². The maximum atomic E-state index is 12.8. The summed E-state index contributed by atoms with van der Waals surface area (Å²) in [6, 6.07) is 2.07. The van der Waals surface area contributed by atoms with Crippen LogP contribution in [0.3, 0.4) is 0 Å². The Balaban J connectivity index is 1.72. The van der Waals surface area contributed by atoms with Gasteiger partial charge < -0.3 is 19.6 Å². The van der Waals surface area contributed by atoms with Crippen LogP contribution in [0.15, 0.2) is 22.7 Å². The second kappa shape index (κ2) is 9.42. The number of pyridine rings is 1.